The number of aliphatic hydroxyl groups is 1. The van der Waals surface area contributed by atoms with Crippen LogP contribution in [0.3, 0.4) is 0 Å². The van der Waals surface area contributed by atoms with E-state index in [9.17, 15) is 23.1 Å². The zero-order chi connectivity index (χ0) is 17.2. The number of halogens is 1. The second kappa shape index (κ2) is 6.27. The molecule has 7 nitrogen and oxygen atoms in total. The van der Waals surface area contributed by atoms with Gasteiger partial charge in [0.25, 0.3) is 5.78 Å². The van der Waals surface area contributed by atoms with Gasteiger partial charge in [0.15, 0.2) is 0 Å². The molecule has 0 spiro atoms. The molecule has 1 heterocycles. The molecule has 0 aliphatic heterocycles. The van der Waals surface area contributed by atoms with Crippen LogP contribution in [0.1, 0.15) is 5.56 Å². The summed E-state index contributed by atoms with van der Waals surface area (Å²) in [4.78, 5) is 21.3. The van der Waals surface area contributed by atoms with Crippen LogP contribution in [0.15, 0.2) is 57.1 Å². The molecule has 2 aromatic rings. The van der Waals surface area contributed by atoms with Crippen molar-refractivity contribution < 1.29 is 32.6 Å². The highest BCUT2D eigenvalue weighted by Gasteiger charge is 2.23. The number of carboxylic acids is 1. The first kappa shape index (κ1) is 16.8. The number of carbonyl (C=O) groups excluding carboxylic acids is 1. The highest BCUT2D eigenvalue weighted by atomic mass is 35.5. The van der Waals surface area contributed by atoms with Crippen molar-refractivity contribution in [2.75, 3.05) is 0 Å². The topological polar surface area (TPSA) is 122 Å². The molecule has 0 saturated heterocycles. The molecule has 1 aromatic carbocycles. The second-order valence-corrected chi connectivity index (χ2v) is 6.63. The van der Waals surface area contributed by atoms with Crippen molar-refractivity contribution in [1.82, 2.24) is 0 Å². The van der Waals surface area contributed by atoms with Gasteiger partial charge < -0.3 is 14.6 Å². The SMILES string of the molecule is O=C(O)C(=O)C=C(O)c1coc(S(=O)(=O)c2ccc(Cl)cc2)c1. The molecule has 2 rings (SSSR count). The first-order valence-corrected chi connectivity index (χ1v) is 7.85. The summed E-state index contributed by atoms with van der Waals surface area (Å²) < 4.78 is 29.5. The molecule has 9 heteroatoms. The number of aliphatic hydroxyl groups excluding tert-OH is 1. The van der Waals surface area contributed by atoms with Gasteiger partial charge in [0, 0.05) is 17.2 Å². The number of aliphatic carboxylic acids is 1. The van der Waals surface area contributed by atoms with E-state index < -0.39 is 32.4 Å². The van der Waals surface area contributed by atoms with Crippen LogP contribution >= 0.6 is 11.6 Å². The minimum Gasteiger partial charge on any atom is -0.507 e. The third-order valence-electron chi connectivity index (χ3n) is 2.74. The van der Waals surface area contributed by atoms with Crippen LogP contribution in [0.4, 0.5) is 0 Å². The predicted octanol–water partition coefficient (Wildman–Crippen LogP) is 2.32. The van der Waals surface area contributed by atoms with Gasteiger partial charge in [-0.15, -0.1) is 0 Å². The maximum atomic E-state index is 12.3. The van der Waals surface area contributed by atoms with Gasteiger partial charge in [0.1, 0.15) is 12.0 Å². The molecule has 0 bridgehead atoms. The lowest BCUT2D eigenvalue weighted by Gasteiger charge is -2.00. The minimum absolute atomic E-state index is 0.0760. The highest BCUT2D eigenvalue weighted by molar-refractivity contribution is 7.91. The fourth-order valence-electron chi connectivity index (χ4n) is 1.59. The molecular weight excluding hydrogens is 348 g/mol. The Hall–Kier alpha value is -2.58. The standard InChI is InChI=1S/C14H9ClO7S/c15-9-1-3-10(4-2-9)23(20,21)13-5-8(7-22-13)11(16)6-12(17)14(18)19/h1-7,16H,(H,18,19). The average Bonchev–Trinajstić information content (AvgIpc) is 2.98. The smallest absolute Gasteiger partial charge is 0.376 e. The first-order chi connectivity index (χ1) is 10.7. The number of carbonyl (C=O) groups is 2. The van der Waals surface area contributed by atoms with Crippen LogP contribution in [0.25, 0.3) is 5.76 Å². The third kappa shape index (κ3) is 3.61. The number of rotatable bonds is 5. The highest BCUT2D eigenvalue weighted by Crippen LogP contribution is 2.26. The van der Waals surface area contributed by atoms with Crippen LogP contribution in [0.2, 0.25) is 5.02 Å². The number of ketones is 1. The Morgan fingerprint density at radius 1 is 1.13 bits per heavy atom. The molecule has 0 amide bonds. The summed E-state index contributed by atoms with van der Waals surface area (Å²) in [5, 5.41) is 18.0. The summed E-state index contributed by atoms with van der Waals surface area (Å²) in [6.07, 6.45) is 1.34. The van der Waals surface area contributed by atoms with Crippen LogP contribution in [-0.4, -0.2) is 30.4 Å². The normalized spacial score (nSPS) is 12.1. The maximum absolute atomic E-state index is 12.3. The van der Waals surface area contributed by atoms with Crippen molar-refractivity contribution in [3.63, 3.8) is 0 Å². The summed E-state index contributed by atoms with van der Waals surface area (Å²) in [5.41, 5.74) is -0.146. The fourth-order valence-corrected chi connectivity index (χ4v) is 2.90. The molecule has 0 atom stereocenters. The van der Waals surface area contributed by atoms with E-state index in [1.54, 1.807) is 0 Å². The monoisotopic (exact) mass is 356 g/mol. The summed E-state index contributed by atoms with van der Waals surface area (Å²) in [5.74, 6) is -3.83. The second-order valence-electron chi connectivity index (χ2n) is 4.31. The largest absolute Gasteiger partial charge is 0.507 e. The van der Waals surface area contributed by atoms with Crippen molar-refractivity contribution in [3.8, 4) is 0 Å². The lowest BCUT2D eigenvalue weighted by Crippen LogP contribution is -2.09. The van der Waals surface area contributed by atoms with E-state index in [1.807, 2.05) is 0 Å². The molecule has 1 aromatic heterocycles. The Kier molecular flexibility index (Phi) is 4.57. The molecule has 2 N–H and O–H groups in total. The Labute approximate surface area is 135 Å². The minimum atomic E-state index is -3.98. The molecule has 0 saturated carbocycles. The molecule has 0 unspecified atom stereocenters. The molecule has 0 aliphatic rings. The Balaban J connectivity index is 2.37. The summed E-state index contributed by atoms with van der Waals surface area (Å²) in [6.45, 7) is 0. The van der Waals surface area contributed by atoms with Gasteiger partial charge in [-0.3, -0.25) is 4.79 Å². The van der Waals surface area contributed by atoms with Crippen molar-refractivity contribution >= 4 is 38.9 Å². The van der Waals surface area contributed by atoms with Gasteiger partial charge >= 0.3 is 5.97 Å². The number of furan rings is 1. The van der Waals surface area contributed by atoms with Gasteiger partial charge in [0.2, 0.25) is 14.9 Å². The molecule has 23 heavy (non-hydrogen) atoms. The summed E-state index contributed by atoms with van der Waals surface area (Å²) in [7, 11) is -3.98. The van der Waals surface area contributed by atoms with Crippen LogP contribution in [-0.2, 0) is 19.4 Å². The van der Waals surface area contributed by atoms with Gasteiger partial charge in [-0.1, -0.05) is 11.6 Å². The average molecular weight is 357 g/mol. The van der Waals surface area contributed by atoms with E-state index in [4.69, 9.17) is 21.1 Å². The Morgan fingerprint density at radius 3 is 2.30 bits per heavy atom. The van der Waals surface area contributed by atoms with Gasteiger partial charge in [-0.25, -0.2) is 13.2 Å². The lowest BCUT2D eigenvalue weighted by molar-refractivity contribution is -0.146. The van der Waals surface area contributed by atoms with E-state index in [1.165, 1.54) is 24.3 Å². The quantitative estimate of drug-likeness (QED) is 0.479. The lowest BCUT2D eigenvalue weighted by atomic mass is 10.2. The van der Waals surface area contributed by atoms with Gasteiger partial charge in [0.05, 0.1) is 10.5 Å². The van der Waals surface area contributed by atoms with Crippen LogP contribution in [0, 0.1) is 0 Å². The van der Waals surface area contributed by atoms with E-state index in [0.717, 1.165) is 12.3 Å². The molecule has 0 fully saturated rings. The van der Waals surface area contributed by atoms with Crippen molar-refractivity contribution in [2.45, 2.75) is 9.99 Å². The maximum Gasteiger partial charge on any atom is 0.376 e. The number of benzene rings is 1. The molecule has 0 aliphatic carbocycles. The molecule has 120 valence electrons. The molecular formula is C14H9ClO7S. The number of sulfone groups is 1. The van der Waals surface area contributed by atoms with Crippen molar-refractivity contribution in [1.29, 1.82) is 0 Å². The zero-order valence-corrected chi connectivity index (χ0v) is 12.8. The summed E-state index contributed by atoms with van der Waals surface area (Å²) in [6, 6.07) is 6.32. The molecule has 0 radical (unpaired) electrons. The first-order valence-electron chi connectivity index (χ1n) is 5.99. The van der Waals surface area contributed by atoms with Gasteiger partial charge in [-0.2, -0.15) is 0 Å². The number of carboxylic acid groups (broad SMARTS) is 1. The number of hydrogen-bond acceptors (Lipinski definition) is 6. The Morgan fingerprint density at radius 2 is 1.74 bits per heavy atom. The van der Waals surface area contributed by atoms with Crippen LogP contribution in [0.5, 0.6) is 0 Å². The van der Waals surface area contributed by atoms with E-state index in [2.05, 4.69) is 0 Å². The van der Waals surface area contributed by atoms with Crippen LogP contribution < -0.4 is 0 Å². The van der Waals surface area contributed by atoms with Crippen molar-refractivity contribution in [2.24, 2.45) is 0 Å². The van der Waals surface area contributed by atoms with Crippen molar-refractivity contribution in [3.05, 3.63) is 53.3 Å². The number of hydrogen-bond donors (Lipinski definition) is 2. The van der Waals surface area contributed by atoms with Gasteiger partial charge in [-0.05, 0) is 24.3 Å². The van der Waals surface area contributed by atoms with E-state index >= 15 is 0 Å². The van der Waals surface area contributed by atoms with E-state index in [0.29, 0.717) is 11.1 Å². The summed E-state index contributed by atoms with van der Waals surface area (Å²) >= 11 is 5.69. The van der Waals surface area contributed by atoms with E-state index in [-0.39, 0.29) is 10.5 Å². The third-order valence-corrected chi connectivity index (χ3v) is 4.63. The fraction of sp³-hybridized carbons (Fsp3) is 0. The Bertz CT molecular complexity index is 891. The zero-order valence-electron chi connectivity index (χ0n) is 11.3. The predicted molar refractivity (Wildman–Crippen MR) is 78.9 cm³/mol.